The standard InChI is InChI=1S/C27H35NO5S/c29-25-21-11-4-1-2-5-12-22(21)33-26(30)24(25)23(18-13-14-18)19-9-8-10-20(17-19)27(28-34(31)32)15-6-3-7-16-27/h8-10,17-18,23,28-29H,1-7,11-16H2,(H,31,32). The molecule has 3 aliphatic carbocycles. The number of hydrogen-bond donors (Lipinski definition) is 3. The predicted molar refractivity (Wildman–Crippen MR) is 132 cm³/mol. The number of fused-ring (bicyclic) bond motifs is 1. The van der Waals surface area contributed by atoms with Crippen molar-refractivity contribution in [2.75, 3.05) is 0 Å². The molecule has 0 saturated heterocycles. The summed E-state index contributed by atoms with van der Waals surface area (Å²) in [5.41, 5.74) is 2.20. The van der Waals surface area contributed by atoms with Gasteiger partial charge in [-0.15, -0.1) is 0 Å². The Balaban J connectivity index is 1.58. The number of aromatic hydroxyl groups is 1. The van der Waals surface area contributed by atoms with Crippen molar-refractivity contribution in [3.05, 3.63) is 62.7 Å². The van der Waals surface area contributed by atoms with Gasteiger partial charge in [-0.2, -0.15) is 0 Å². The van der Waals surface area contributed by atoms with Gasteiger partial charge in [0.2, 0.25) is 11.3 Å². The molecule has 2 unspecified atom stereocenters. The molecule has 0 aliphatic heterocycles. The maximum Gasteiger partial charge on any atom is 0.343 e. The third kappa shape index (κ3) is 4.75. The van der Waals surface area contributed by atoms with Gasteiger partial charge in [0.05, 0.1) is 11.1 Å². The predicted octanol–water partition coefficient (Wildman–Crippen LogP) is 5.43. The van der Waals surface area contributed by atoms with Crippen LogP contribution in [0.3, 0.4) is 0 Å². The number of rotatable bonds is 6. The molecule has 2 fully saturated rings. The summed E-state index contributed by atoms with van der Waals surface area (Å²) in [4.78, 5) is 13.2. The van der Waals surface area contributed by atoms with Crippen LogP contribution in [0.2, 0.25) is 0 Å². The van der Waals surface area contributed by atoms with Crippen molar-refractivity contribution in [3.63, 3.8) is 0 Å². The van der Waals surface area contributed by atoms with Crippen LogP contribution in [0.5, 0.6) is 5.75 Å². The lowest BCUT2D eigenvalue weighted by molar-refractivity contribution is 0.271. The fraction of sp³-hybridized carbons (Fsp3) is 0.593. The average Bonchev–Trinajstić information content (AvgIpc) is 3.63. The van der Waals surface area contributed by atoms with Crippen LogP contribution in [0.4, 0.5) is 0 Å². The summed E-state index contributed by atoms with van der Waals surface area (Å²) in [5.74, 6) is 0.854. The van der Waals surface area contributed by atoms with Gasteiger partial charge in [-0.1, -0.05) is 56.4 Å². The lowest BCUT2D eigenvalue weighted by atomic mass is 9.76. The fourth-order valence-electron chi connectivity index (χ4n) is 6.20. The Kier molecular flexibility index (Phi) is 6.96. The topological polar surface area (TPSA) is 99.8 Å². The highest BCUT2D eigenvalue weighted by atomic mass is 32.2. The first kappa shape index (κ1) is 23.8. The van der Waals surface area contributed by atoms with Crippen LogP contribution in [0.25, 0.3) is 0 Å². The molecule has 3 aliphatic rings. The van der Waals surface area contributed by atoms with Crippen LogP contribution in [0.15, 0.2) is 33.5 Å². The van der Waals surface area contributed by atoms with Crippen molar-refractivity contribution in [3.8, 4) is 5.75 Å². The molecular weight excluding hydrogens is 450 g/mol. The largest absolute Gasteiger partial charge is 0.507 e. The third-order valence-corrected chi connectivity index (χ3v) is 8.65. The molecule has 0 bridgehead atoms. The monoisotopic (exact) mass is 485 g/mol. The number of hydrogen-bond acceptors (Lipinski definition) is 4. The van der Waals surface area contributed by atoms with Gasteiger partial charge >= 0.3 is 5.63 Å². The molecule has 2 aromatic rings. The fourth-order valence-corrected chi connectivity index (χ4v) is 6.86. The lowest BCUT2D eigenvalue weighted by Gasteiger charge is -2.37. The Bertz CT molecular complexity index is 1120. The summed E-state index contributed by atoms with van der Waals surface area (Å²) in [7, 11) is 0. The van der Waals surface area contributed by atoms with E-state index in [1.807, 2.05) is 18.2 Å². The molecule has 6 nitrogen and oxygen atoms in total. The van der Waals surface area contributed by atoms with E-state index in [1.165, 1.54) is 0 Å². The molecule has 1 heterocycles. The lowest BCUT2D eigenvalue weighted by Crippen LogP contribution is -2.44. The first-order valence-electron chi connectivity index (χ1n) is 12.9. The van der Waals surface area contributed by atoms with Crippen molar-refractivity contribution in [1.29, 1.82) is 0 Å². The van der Waals surface area contributed by atoms with E-state index in [4.69, 9.17) is 4.42 Å². The molecular formula is C27H35NO5S. The van der Waals surface area contributed by atoms with Crippen LogP contribution in [-0.4, -0.2) is 13.9 Å². The van der Waals surface area contributed by atoms with Gasteiger partial charge in [0.1, 0.15) is 11.5 Å². The van der Waals surface area contributed by atoms with E-state index in [0.29, 0.717) is 17.7 Å². The van der Waals surface area contributed by atoms with Crippen molar-refractivity contribution in [1.82, 2.24) is 4.72 Å². The maximum absolute atomic E-state index is 13.2. The molecule has 34 heavy (non-hydrogen) atoms. The molecule has 3 N–H and O–H groups in total. The highest BCUT2D eigenvalue weighted by Crippen LogP contribution is 2.49. The molecule has 5 rings (SSSR count). The zero-order valence-electron chi connectivity index (χ0n) is 19.7. The molecule has 0 spiro atoms. The van der Waals surface area contributed by atoms with Crippen LogP contribution in [0.1, 0.15) is 105 Å². The molecule has 7 heteroatoms. The van der Waals surface area contributed by atoms with Gasteiger partial charge in [-0.05, 0) is 62.0 Å². The van der Waals surface area contributed by atoms with Gasteiger partial charge in [0.15, 0.2) is 0 Å². The zero-order chi connectivity index (χ0) is 23.7. The van der Waals surface area contributed by atoms with Crippen LogP contribution >= 0.6 is 0 Å². The summed E-state index contributed by atoms with van der Waals surface area (Å²) in [5, 5.41) is 11.4. The van der Waals surface area contributed by atoms with Crippen LogP contribution < -0.4 is 10.3 Å². The van der Waals surface area contributed by atoms with Crippen molar-refractivity contribution in [2.24, 2.45) is 5.92 Å². The number of aryl methyl sites for hydroxylation is 1. The Hall–Kier alpha value is -1.96. The summed E-state index contributed by atoms with van der Waals surface area (Å²) in [6.45, 7) is 0. The average molecular weight is 486 g/mol. The highest BCUT2D eigenvalue weighted by Gasteiger charge is 2.40. The third-order valence-electron chi connectivity index (χ3n) is 8.09. The molecule has 1 aromatic carbocycles. The summed E-state index contributed by atoms with van der Waals surface area (Å²) >= 11 is -2.12. The Morgan fingerprint density at radius 1 is 1.03 bits per heavy atom. The van der Waals surface area contributed by atoms with Gasteiger partial charge in [-0.3, -0.25) is 4.55 Å². The van der Waals surface area contributed by atoms with Crippen LogP contribution in [-0.2, 0) is 29.6 Å². The molecule has 184 valence electrons. The number of nitrogens with one attached hydrogen (secondary N) is 1. The first-order valence-corrected chi connectivity index (χ1v) is 14.0. The van der Waals surface area contributed by atoms with E-state index < -0.39 is 22.4 Å². The van der Waals surface area contributed by atoms with E-state index in [2.05, 4.69) is 10.8 Å². The van der Waals surface area contributed by atoms with E-state index in [9.17, 15) is 18.7 Å². The summed E-state index contributed by atoms with van der Waals surface area (Å²) in [6, 6.07) is 8.10. The second-order valence-electron chi connectivity index (χ2n) is 10.4. The molecule has 2 atom stereocenters. The minimum atomic E-state index is -2.12. The SMILES string of the molecule is O=c1oc2c(c(O)c1C(c1cccc(C3(NS(=O)O)CCCCC3)c1)C1CC1)CCCCCC2. The normalized spacial score (nSPS) is 22.3. The van der Waals surface area contributed by atoms with Crippen molar-refractivity contribution < 1.29 is 18.3 Å². The summed E-state index contributed by atoms with van der Waals surface area (Å²) in [6.07, 6.45) is 12.4. The minimum absolute atomic E-state index is 0.136. The van der Waals surface area contributed by atoms with E-state index in [1.54, 1.807) is 0 Å². The minimum Gasteiger partial charge on any atom is -0.507 e. The maximum atomic E-state index is 13.2. The van der Waals surface area contributed by atoms with Crippen LogP contribution in [0, 0.1) is 5.92 Å². The van der Waals surface area contributed by atoms with Gasteiger partial charge in [0, 0.05) is 17.9 Å². The second-order valence-corrected chi connectivity index (χ2v) is 11.1. The summed E-state index contributed by atoms with van der Waals surface area (Å²) < 4.78 is 30.3. The van der Waals surface area contributed by atoms with E-state index in [-0.39, 0.29) is 17.6 Å². The zero-order valence-corrected chi connectivity index (χ0v) is 20.5. The van der Waals surface area contributed by atoms with Crippen molar-refractivity contribution >= 4 is 11.3 Å². The van der Waals surface area contributed by atoms with Gasteiger partial charge in [-0.25, -0.2) is 13.7 Å². The smallest absolute Gasteiger partial charge is 0.343 e. The molecule has 0 amide bonds. The second kappa shape index (κ2) is 9.96. The molecule has 0 radical (unpaired) electrons. The van der Waals surface area contributed by atoms with E-state index >= 15 is 0 Å². The Morgan fingerprint density at radius 2 is 1.74 bits per heavy atom. The molecule has 1 aromatic heterocycles. The van der Waals surface area contributed by atoms with Crippen molar-refractivity contribution in [2.45, 2.75) is 94.9 Å². The Morgan fingerprint density at radius 3 is 2.44 bits per heavy atom. The van der Waals surface area contributed by atoms with E-state index in [0.717, 1.165) is 93.7 Å². The van der Waals surface area contributed by atoms with Gasteiger partial charge in [0.25, 0.3) is 0 Å². The number of benzene rings is 1. The van der Waals surface area contributed by atoms with Gasteiger partial charge < -0.3 is 9.52 Å². The molecule has 2 saturated carbocycles. The highest BCUT2D eigenvalue weighted by molar-refractivity contribution is 7.77. The Labute approximate surface area is 203 Å². The quantitative estimate of drug-likeness (QED) is 0.474. The first-order chi connectivity index (χ1) is 16.5.